The van der Waals surface area contributed by atoms with Gasteiger partial charge in [-0.05, 0) is 56.1 Å². The van der Waals surface area contributed by atoms with Gasteiger partial charge in [0.2, 0.25) is 0 Å². The van der Waals surface area contributed by atoms with E-state index in [2.05, 4.69) is 31.9 Å². The van der Waals surface area contributed by atoms with Gasteiger partial charge in [0.15, 0.2) is 0 Å². The van der Waals surface area contributed by atoms with Crippen molar-refractivity contribution >= 4 is 43.2 Å². The predicted octanol–water partition coefficient (Wildman–Crippen LogP) is 4.94. The van der Waals surface area contributed by atoms with Gasteiger partial charge in [-0.2, -0.15) is 0 Å². The molecule has 0 aliphatic carbocycles. The van der Waals surface area contributed by atoms with Gasteiger partial charge in [-0.1, -0.05) is 0 Å². The Morgan fingerprint density at radius 1 is 1.32 bits per heavy atom. The Kier molecular flexibility index (Phi) is 3.68. The summed E-state index contributed by atoms with van der Waals surface area (Å²) in [6.45, 7) is 0. The van der Waals surface area contributed by atoms with Gasteiger partial charge in [-0.25, -0.2) is 4.39 Å². The van der Waals surface area contributed by atoms with E-state index in [4.69, 9.17) is 10.5 Å². The van der Waals surface area contributed by atoms with Crippen LogP contribution in [0, 0.1) is 5.82 Å². The molecule has 0 saturated heterocycles. The van der Waals surface area contributed by atoms with Crippen LogP contribution in [0.2, 0.25) is 0 Å². The van der Waals surface area contributed by atoms with Crippen molar-refractivity contribution < 1.29 is 9.13 Å². The summed E-state index contributed by atoms with van der Waals surface area (Å²) >= 11 is 8.56. The van der Waals surface area contributed by atoms with E-state index < -0.39 is 0 Å². The van der Waals surface area contributed by atoms with Crippen LogP contribution in [0.5, 0.6) is 5.75 Å². The average Bonchev–Trinajstić information content (AvgIpc) is 2.70. The van der Waals surface area contributed by atoms with Crippen LogP contribution in [0.3, 0.4) is 0 Å². The number of thiophene rings is 1. The van der Waals surface area contributed by atoms with Crippen LogP contribution in [0.25, 0.3) is 0 Å². The number of halogens is 3. The first kappa shape index (κ1) is 13.5. The number of ether oxygens (including phenoxy) is 1. The molecule has 2 atom stereocenters. The maximum Gasteiger partial charge on any atom is 0.135 e. The maximum absolute atomic E-state index is 13.2. The molecule has 2 N–H and O–H groups in total. The molecule has 0 spiro atoms. The van der Waals surface area contributed by atoms with E-state index in [1.807, 2.05) is 6.07 Å². The molecule has 1 aromatic carbocycles. The van der Waals surface area contributed by atoms with Crippen molar-refractivity contribution in [1.29, 1.82) is 0 Å². The maximum atomic E-state index is 13.2. The average molecular weight is 407 g/mol. The lowest BCUT2D eigenvalue weighted by atomic mass is 9.96. The first-order valence-electron chi connectivity index (χ1n) is 5.71. The molecule has 0 fully saturated rings. The van der Waals surface area contributed by atoms with Gasteiger partial charge in [-0.15, -0.1) is 11.3 Å². The van der Waals surface area contributed by atoms with Crippen molar-refractivity contribution in [1.82, 2.24) is 0 Å². The molecule has 0 bridgehead atoms. The van der Waals surface area contributed by atoms with Crippen LogP contribution < -0.4 is 10.5 Å². The van der Waals surface area contributed by atoms with Gasteiger partial charge in [0.1, 0.15) is 17.7 Å². The highest BCUT2D eigenvalue weighted by atomic mass is 79.9. The van der Waals surface area contributed by atoms with Crippen LogP contribution in [-0.2, 0) is 0 Å². The molecule has 19 heavy (non-hydrogen) atoms. The highest BCUT2D eigenvalue weighted by Crippen LogP contribution is 2.44. The summed E-state index contributed by atoms with van der Waals surface area (Å²) in [6.07, 6.45) is 0.566. The lowest BCUT2D eigenvalue weighted by molar-refractivity contribution is 0.164. The molecule has 2 nitrogen and oxygen atoms in total. The number of hydrogen-bond donors (Lipinski definition) is 1. The predicted molar refractivity (Wildman–Crippen MR) is 81.0 cm³/mol. The molecule has 100 valence electrons. The summed E-state index contributed by atoms with van der Waals surface area (Å²) in [4.78, 5) is 1.10. The largest absolute Gasteiger partial charge is 0.484 e. The van der Waals surface area contributed by atoms with E-state index in [0.29, 0.717) is 12.2 Å². The summed E-state index contributed by atoms with van der Waals surface area (Å²) in [5, 5.41) is 0. The molecular formula is C13H10Br2FNOS. The summed E-state index contributed by atoms with van der Waals surface area (Å²) < 4.78 is 21.2. The van der Waals surface area contributed by atoms with Gasteiger partial charge in [0, 0.05) is 27.4 Å². The van der Waals surface area contributed by atoms with Crippen molar-refractivity contribution in [2.75, 3.05) is 0 Å². The molecule has 1 aromatic heterocycles. The minimum Gasteiger partial charge on any atom is -0.484 e. The summed E-state index contributed by atoms with van der Waals surface area (Å²) in [5.74, 6) is 0.392. The molecule has 2 heterocycles. The van der Waals surface area contributed by atoms with Crippen LogP contribution in [0.4, 0.5) is 4.39 Å². The van der Waals surface area contributed by atoms with Gasteiger partial charge in [0.05, 0.1) is 3.79 Å². The Hall–Kier alpha value is -0.430. The molecule has 0 radical (unpaired) electrons. The third-order valence-electron chi connectivity index (χ3n) is 3.09. The Labute approximate surface area is 131 Å². The number of fused-ring (bicyclic) bond motifs is 1. The Balaban J connectivity index is 1.94. The van der Waals surface area contributed by atoms with E-state index in [1.165, 1.54) is 12.1 Å². The summed E-state index contributed by atoms with van der Waals surface area (Å²) in [7, 11) is 0. The second-order valence-corrected chi connectivity index (χ2v) is 7.66. The Bertz CT molecular complexity index is 612. The topological polar surface area (TPSA) is 35.2 Å². The SMILES string of the molecule is NC1CC(c2cc(Br)c(Br)s2)Oc2ccc(F)cc21. The van der Waals surface area contributed by atoms with E-state index >= 15 is 0 Å². The van der Waals surface area contributed by atoms with Crippen LogP contribution in [0.1, 0.15) is 29.0 Å². The molecule has 2 unspecified atom stereocenters. The molecule has 1 aliphatic heterocycles. The summed E-state index contributed by atoms with van der Waals surface area (Å²) in [5.41, 5.74) is 6.86. The van der Waals surface area contributed by atoms with Crippen molar-refractivity contribution in [2.24, 2.45) is 5.73 Å². The zero-order valence-electron chi connectivity index (χ0n) is 9.70. The molecular weight excluding hydrogens is 397 g/mol. The zero-order valence-corrected chi connectivity index (χ0v) is 13.7. The quantitative estimate of drug-likeness (QED) is 0.728. The Morgan fingerprint density at radius 2 is 2.11 bits per heavy atom. The van der Waals surface area contributed by atoms with E-state index in [0.717, 1.165) is 18.7 Å². The highest BCUT2D eigenvalue weighted by Gasteiger charge is 2.28. The highest BCUT2D eigenvalue weighted by molar-refractivity contribution is 9.13. The molecule has 3 rings (SSSR count). The molecule has 0 saturated carbocycles. The first-order chi connectivity index (χ1) is 9.04. The van der Waals surface area contributed by atoms with Crippen molar-refractivity contribution in [2.45, 2.75) is 18.6 Å². The lowest BCUT2D eigenvalue weighted by Gasteiger charge is -2.29. The van der Waals surface area contributed by atoms with E-state index in [1.54, 1.807) is 17.4 Å². The minimum absolute atomic E-state index is 0.0828. The normalized spacial score (nSPS) is 21.9. The molecule has 1 aliphatic rings. The monoisotopic (exact) mass is 405 g/mol. The third-order valence-corrected chi connectivity index (χ3v) is 6.44. The van der Waals surface area contributed by atoms with Crippen molar-refractivity contribution in [3.05, 3.63) is 48.8 Å². The second kappa shape index (κ2) is 5.16. The fourth-order valence-corrected chi connectivity index (χ4v) is 4.30. The fourth-order valence-electron chi connectivity index (χ4n) is 2.17. The number of benzene rings is 1. The standard InChI is InChI=1S/C13H10Br2FNOS/c14-8-4-12(19-13(8)15)11-5-9(17)7-3-6(16)1-2-10(7)18-11/h1-4,9,11H,5,17H2. The number of nitrogens with two attached hydrogens (primary N) is 1. The van der Waals surface area contributed by atoms with E-state index in [-0.39, 0.29) is 18.0 Å². The first-order valence-corrected chi connectivity index (χ1v) is 8.11. The molecule has 0 amide bonds. The zero-order chi connectivity index (χ0) is 13.6. The molecule has 6 heteroatoms. The van der Waals surface area contributed by atoms with Crippen LogP contribution >= 0.6 is 43.2 Å². The van der Waals surface area contributed by atoms with Crippen molar-refractivity contribution in [3.8, 4) is 5.75 Å². The van der Waals surface area contributed by atoms with Crippen LogP contribution in [0.15, 0.2) is 32.5 Å². The number of rotatable bonds is 1. The van der Waals surface area contributed by atoms with Gasteiger partial charge in [-0.3, -0.25) is 0 Å². The number of hydrogen-bond acceptors (Lipinski definition) is 3. The Morgan fingerprint density at radius 3 is 2.79 bits per heavy atom. The van der Waals surface area contributed by atoms with Crippen LogP contribution in [-0.4, -0.2) is 0 Å². The fraction of sp³-hybridized carbons (Fsp3) is 0.231. The second-order valence-electron chi connectivity index (χ2n) is 4.40. The van der Waals surface area contributed by atoms with Gasteiger partial charge in [0.25, 0.3) is 0 Å². The third kappa shape index (κ3) is 2.59. The summed E-state index contributed by atoms with van der Waals surface area (Å²) in [6, 6.07) is 6.32. The van der Waals surface area contributed by atoms with Gasteiger partial charge >= 0.3 is 0 Å². The smallest absolute Gasteiger partial charge is 0.135 e. The lowest BCUT2D eigenvalue weighted by Crippen LogP contribution is -2.23. The molecule has 2 aromatic rings. The van der Waals surface area contributed by atoms with E-state index in [9.17, 15) is 4.39 Å². The minimum atomic E-state index is -0.280. The van der Waals surface area contributed by atoms with Crippen molar-refractivity contribution in [3.63, 3.8) is 0 Å². The van der Waals surface area contributed by atoms with Gasteiger partial charge < -0.3 is 10.5 Å².